The number of amides is 2. The molecule has 1 unspecified atom stereocenters. The molecule has 2 aromatic carbocycles. The Balaban J connectivity index is 1.61. The predicted molar refractivity (Wildman–Crippen MR) is 97.4 cm³/mol. The first-order valence-corrected chi connectivity index (χ1v) is 8.47. The second-order valence-corrected chi connectivity index (χ2v) is 6.58. The summed E-state index contributed by atoms with van der Waals surface area (Å²) in [6.07, 6.45) is 0.946. The summed E-state index contributed by atoms with van der Waals surface area (Å²) in [6.45, 7) is 1.42. The second kappa shape index (κ2) is 7.32. The number of nitrogens with zero attached hydrogens (tertiary/aromatic N) is 1. The molecule has 1 heterocycles. The highest BCUT2D eigenvalue weighted by Gasteiger charge is 2.27. The van der Waals surface area contributed by atoms with Crippen molar-refractivity contribution in [2.24, 2.45) is 0 Å². The van der Waals surface area contributed by atoms with E-state index in [1.54, 1.807) is 25.3 Å². The third-order valence-electron chi connectivity index (χ3n) is 4.23. The summed E-state index contributed by atoms with van der Waals surface area (Å²) in [7, 11) is 1.65. The van der Waals surface area contributed by atoms with Crippen molar-refractivity contribution in [3.63, 3.8) is 0 Å². The van der Waals surface area contributed by atoms with Gasteiger partial charge in [-0.3, -0.25) is 0 Å². The van der Waals surface area contributed by atoms with E-state index in [-0.39, 0.29) is 6.03 Å². The average Bonchev–Trinajstić information content (AvgIpc) is 3.08. The van der Waals surface area contributed by atoms with Crippen molar-refractivity contribution in [1.29, 1.82) is 0 Å². The first-order chi connectivity index (χ1) is 11.6. The van der Waals surface area contributed by atoms with Crippen molar-refractivity contribution in [3.05, 3.63) is 58.1 Å². The number of nitrogens with one attached hydrogen (secondary N) is 1. The van der Waals surface area contributed by atoms with Crippen LogP contribution in [0.3, 0.4) is 0 Å². The van der Waals surface area contributed by atoms with Crippen LogP contribution in [-0.2, 0) is 0 Å². The SMILES string of the molecule is COc1ccc(C2CCN(C(=O)Nc3ccc(Cl)c(Cl)c3)C2)cc1. The van der Waals surface area contributed by atoms with Gasteiger partial charge in [0.1, 0.15) is 5.75 Å². The molecule has 1 aliphatic heterocycles. The van der Waals surface area contributed by atoms with Gasteiger partial charge in [-0.1, -0.05) is 35.3 Å². The Hall–Kier alpha value is -1.91. The van der Waals surface area contributed by atoms with Crippen LogP contribution in [-0.4, -0.2) is 31.1 Å². The van der Waals surface area contributed by atoms with E-state index in [1.807, 2.05) is 17.0 Å². The molecule has 2 amide bonds. The van der Waals surface area contributed by atoms with Gasteiger partial charge in [-0.2, -0.15) is 0 Å². The van der Waals surface area contributed by atoms with Gasteiger partial charge in [0.15, 0.2) is 0 Å². The number of anilines is 1. The zero-order valence-corrected chi connectivity index (χ0v) is 14.8. The minimum absolute atomic E-state index is 0.121. The molecule has 0 aliphatic carbocycles. The Labute approximate surface area is 151 Å². The van der Waals surface area contributed by atoms with Crippen molar-refractivity contribution >= 4 is 34.9 Å². The number of carbonyl (C=O) groups is 1. The normalized spacial score (nSPS) is 17.0. The molecule has 24 heavy (non-hydrogen) atoms. The Morgan fingerprint density at radius 1 is 1.17 bits per heavy atom. The summed E-state index contributed by atoms with van der Waals surface area (Å²) in [5, 5.41) is 3.76. The van der Waals surface area contributed by atoms with Crippen LogP contribution in [0.15, 0.2) is 42.5 Å². The lowest BCUT2D eigenvalue weighted by atomic mass is 9.98. The topological polar surface area (TPSA) is 41.6 Å². The van der Waals surface area contributed by atoms with Crippen LogP contribution in [0.4, 0.5) is 10.5 Å². The monoisotopic (exact) mass is 364 g/mol. The number of hydrogen-bond acceptors (Lipinski definition) is 2. The van der Waals surface area contributed by atoms with E-state index in [0.29, 0.717) is 28.2 Å². The third kappa shape index (κ3) is 3.77. The molecule has 6 heteroatoms. The quantitative estimate of drug-likeness (QED) is 0.830. The second-order valence-electron chi connectivity index (χ2n) is 5.76. The maximum atomic E-state index is 12.4. The first-order valence-electron chi connectivity index (χ1n) is 7.72. The van der Waals surface area contributed by atoms with Crippen LogP contribution >= 0.6 is 23.2 Å². The van der Waals surface area contributed by atoms with E-state index in [9.17, 15) is 4.79 Å². The zero-order valence-electron chi connectivity index (χ0n) is 13.3. The average molecular weight is 365 g/mol. The zero-order chi connectivity index (χ0) is 17.1. The fourth-order valence-electron chi connectivity index (χ4n) is 2.87. The van der Waals surface area contributed by atoms with Gasteiger partial charge in [0.25, 0.3) is 0 Å². The molecule has 0 saturated carbocycles. The number of ether oxygens (including phenoxy) is 1. The fourth-order valence-corrected chi connectivity index (χ4v) is 3.17. The number of likely N-dealkylation sites (tertiary alicyclic amines) is 1. The van der Waals surface area contributed by atoms with Crippen LogP contribution in [0, 0.1) is 0 Å². The number of methoxy groups -OCH3 is 1. The molecule has 1 atom stereocenters. The van der Waals surface area contributed by atoms with Gasteiger partial charge in [-0.05, 0) is 42.3 Å². The maximum Gasteiger partial charge on any atom is 0.321 e. The third-order valence-corrected chi connectivity index (χ3v) is 4.97. The van der Waals surface area contributed by atoms with Crippen LogP contribution in [0.25, 0.3) is 0 Å². The van der Waals surface area contributed by atoms with E-state index < -0.39 is 0 Å². The Bertz CT molecular complexity index is 734. The molecule has 0 bridgehead atoms. The number of benzene rings is 2. The number of carbonyl (C=O) groups excluding carboxylic acids is 1. The predicted octanol–water partition coefficient (Wildman–Crippen LogP) is 5.02. The molecule has 1 N–H and O–H groups in total. The van der Waals surface area contributed by atoms with Crippen molar-refractivity contribution in [3.8, 4) is 5.75 Å². The molecule has 3 rings (SSSR count). The minimum Gasteiger partial charge on any atom is -0.497 e. The molecule has 1 fully saturated rings. The van der Waals surface area contributed by atoms with Gasteiger partial charge < -0.3 is 15.0 Å². The van der Waals surface area contributed by atoms with E-state index >= 15 is 0 Å². The largest absolute Gasteiger partial charge is 0.497 e. The molecule has 4 nitrogen and oxygen atoms in total. The van der Waals surface area contributed by atoms with E-state index in [1.165, 1.54) is 5.56 Å². The Kier molecular flexibility index (Phi) is 5.17. The fraction of sp³-hybridized carbons (Fsp3) is 0.278. The summed E-state index contributed by atoms with van der Waals surface area (Å²) in [5.74, 6) is 1.18. The first kappa shape index (κ1) is 16.9. The Morgan fingerprint density at radius 2 is 1.92 bits per heavy atom. The number of urea groups is 1. The highest BCUT2D eigenvalue weighted by atomic mass is 35.5. The maximum absolute atomic E-state index is 12.4. The van der Waals surface area contributed by atoms with Gasteiger partial charge in [-0.25, -0.2) is 4.79 Å². The molecular formula is C18H18Cl2N2O2. The molecule has 0 spiro atoms. The summed E-state index contributed by atoms with van der Waals surface area (Å²) >= 11 is 11.9. The van der Waals surface area contributed by atoms with Crippen molar-refractivity contribution in [2.75, 3.05) is 25.5 Å². The van der Waals surface area contributed by atoms with Gasteiger partial charge in [0.05, 0.1) is 17.2 Å². The highest BCUT2D eigenvalue weighted by Crippen LogP contribution is 2.29. The molecule has 1 aliphatic rings. The van der Waals surface area contributed by atoms with Crippen molar-refractivity contribution in [2.45, 2.75) is 12.3 Å². The lowest BCUT2D eigenvalue weighted by Gasteiger charge is -2.18. The lowest BCUT2D eigenvalue weighted by molar-refractivity contribution is 0.222. The number of halogens is 2. The van der Waals surface area contributed by atoms with Crippen LogP contribution in [0.1, 0.15) is 17.9 Å². The Morgan fingerprint density at radius 3 is 2.58 bits per heavy atom. The number of rotatable bonds is 3. The molecule has 0 aromatic heterocycles. The standard InChI is InChI=1S/C18H18Cl2N2O2/c1-24-15-5-2-12(3-6-15)13-8-9-22(11-13)18(23)21-14-4-7-16(19)17(20)10-14/h2-7,10,13H,8-9,11H2,1H3,(H,21,23). The molecule has 1 saturated heterocycles. The lowest BCUT2D eigenvalue weighted by Crippen LogP contribution is -2.32. The highest BCUT2D eigenvalue weighted by molar-refractivity contribution is 6.42. The summed E-state index contributed by atoms with van der Waals surface area (Å²) in [5.41, 5.74) is 1.86. The van der Waals surface area contributed by atoms with Gasteiger partial charge in [0.2, 0.25) is 0 Å². The van der Waals surface area contributed by atoms with Gasteiger partial charge >= 0.3 is 6.03 Å². The minimum atomic E-state index is -0.121. The van der Waals surface area contributed by atoms with Crippen molar-refractivity contribution in [1.82, 2.24) is 4.90 Å². The van der Waals surface area contributed by atoms with E-state index in [4.69, 9.17) is 27.9 Å². The molecule has 126 valence electrons. The van der Waals surface area contributed by atoms with Crippen LogP contribution in [0.5, 0.6) is 5.75 Å². The number of hydrogen-bond donors (Lipinski definition) is 1. The molecule has 0 radical (unpaired) electrons. The van der Waals surface area contributed by atoms with Gasteiger partial charge in [0, 0.05) is 24.7 Å². The van der Waals surface area contributed by atoms with Crippen LogP contribution in [0.2, 0.25) is 10.0 Å². The smallest absolute Gasteiger partial charge is 0.321 e. The molecular weight excluding hydrogens is 347 g/mol. The van der Waals surface area contributed by atoms with Gasteiger partial charge in [-0.15, -0.1) is 0 Å². The summed E-state index contributed by atoms with van der Waals surface area (Å²) in [4.78, 5) is 14.2. The van der Waals surface area contributed by atoms with Crippen molar-refractivity contribution < 1.29 is 9.53 Å². The van der Waals surface area contributed by atoms with E-state index in [2.05, 4.69) is 17.4 Å². The van der Waals surface area contributed by atoms with E-state index in [0.717, 1.165) is 18.7 Å². The molecule has 2 aromatic rings. The van der Waals surface area contributed by atoms with Crippen LogP contribution < -0.4 is 10.1 Å². The summed E-state index contributed by atoms with van der Waals surface area (Å²) in [6, 6.07) is 13.0. The summed E-state index contributed by atoms with van der Waals surface area (Å²) < 4.78 is 5.18.